The first-order valence-electron chi connectivity index (χ1n) is 23.1. The minimum absolute atomic E-state index is 0.167. The van der Waals surface area contributed by atoms with Crippen molar-refractivity contribution in [3.63, 3.8) is 0 Å². The lowest BCUT2D eigenvalue weighted by molar-refractivity contribution is -0.134. The van der Waals surface area contributed by atoms with E-state index in [1.807, 2.05) is 61.2 Å². The molecule has 0 fully saturated rings. The summed E-state index contributed by atoms with van der Waals surface area (Å²) in [5, 5.41) is 4.68. The van der Waals surface area contributed by atoms with Gasteiger partial charge in [-0.3, -0.25) is 9.59 Å². The molecule has 0 saturated carbocycles. The number of benzene rings is 4. The summed E-state index contributed by atoms with van der Waals surface area (Å²) < 4.78 is 19.4. The number of nitrogens with zero attached hydrogens (tertiary/aromatic N) is 4. The summed E-state index contributed by atoms with van der Waals surface area (Å²) in [4.78, 5) is 77.0. The molecule has 0 aliphatic carbocycles. The highest BCUT2D eigenvalue weighted by atomic mass is 16.5. The molecule has 2 aromatic heterocycles. The number of H-pyrrole nitrogens is 2. The van der Waals surface area contributed by atoms with Crippen LogP contribution in [-0.4, -0.2) is 102 Å². The molecule has 7 rings (SSSR count). The standard InChI is InChI=1S/C46H53N7O5.C2H5NO2.C2H6O.2C2H2.CH2O/c1-7-18-52(45(55)43(51-46(56)57-6)30-12-10-9-11-13-30)26-41-48-37-17-15-31-21-36-34-16-14-32(20-33(34)27-58-39(36)22-35(31)44(37)50-41)38-23-47-40(49-38)25-53(24-28(3)4)42(54)19-29(5)8-2;1-5-2(3)4;1-3-2;3*1-2/h9-17,20-23,28-29,43H,7-8,18-19,24-27H2,1-6H3,(H,47,49)(H,48,50)(H,51,56);1H3,(H2,3,4);1-2H3;2*1-2H;1H2/t29-,43+;;;;;/m0...../s1. The number of alkyl carbamates (subject to hydrolysis) is 1. The third-order valence-electron chi connectivity index (χ3n) is 11.0. The van der Waals surface area contributed by atoms with E-state index < -0.39 is 18.2 Å². The number of hydrogen-bond donors (Lipinski definition) is 4. The fourth-order valence-electron chi connectivity index (χ4n) is 7.63. The van der Waals surface area contributed by atoms with Gasteiger partial charge in [0.1, 0.15) is 36.8 Å². The van der Waals surface area contributed by atoms with E-state index in [1.165, 1.54) is 14.2 Å². The third kappa shape index (κ3) is 16.8. The molecule has 17 heteroatoms. The van der Waals surface area contributed by atoms with Gasteiger partial charge in [0.15, 0.2) is 0 Å². The van der Waals surface area contributed by atoms with E-state index in [1.54, 1.807) is 19.1 Å². The molecular weight excluding hydrogens is 917 g/mol. The van der Waals surface area contributed by atoms with E-state index in [4.69, 9.17) is 19.3 Å². The maximum atomic E-state index is 14.0. The fraction of sp³-hybridized carbons (Fsp3) is 0.364. The number of carbonyl (C=O) groups is 5. The van der Waals surface area contributed by atoms with Crippen molar-refractivity contribution in [2.24, 2.45) is 17.6 Å². The summed E-state index contributed by atoms with van der Waals surface area (Å²) in [6.07, 6.45) is 18.7. The van der Waals surface area contributed by atoms with E-state index in [2.05, 4.69) is 125 Å². The Labute approximate surface area is 423 Å². The molecule has 384 valence electrons. The number of nitrogens with one attached hydrogen (secondary N) is 3. The number of rotatable bonds is 15. The predicted molar refractivity (Wildman–Crippen MR) is 282 cm³/mol. The molecule has 1 aliphatic heterocycles. The van der Waals surface area contributed by atoms with E-state index >= 15 is 0 Å². The van der Waals surface area contributed by atoms with E-state index in [0.29, 0.717) is 55.9 Å². The number of hydrogen-bond acceptors (Lipinski definition) is 11. The molecule has 0 unspecified atom stereocenters. The average Bonchev–Trinajstić information content (AvgIpc) is 4.06. The Morgan fingerprint density at radius 3 is 2.10 bits per heavy atom. The Morgan fingerprint density at radius 1 is 0.847 bits per heavy atom. The van der Waals surface area contributed by atoms with Gasteiger partial charge in [0, 0.05) is 44.7 Å². The second-order valence-corrected chi connectivity index (χ2v) is 16.7. The number of primary amides is 1. The predicted octanol–water partition coefficient (Wildman–Crippen LogP) is 9.21. The van der Waals surface area contributed by atoms with Crippen LogP contribution in [0.1, 0.15) is 82.7 Å². The number of methoxy groups -OCH3 is 3. The third-order valence-corrected chi connectivity index (χ3v) is 11.0. The van der Waals surface area contributed by atoms with Crippen molar-refractivity contribution in [3.05, 3.63) is 102 Å². The molecule has 4 amide bonds. The van der Waals surface area contributed by atoms with E-state index in [0.717, 1.165) is 74.2 Å². The fourth-order valence-corrected chi connectivity index (χ4v) is 7.63. The molecule has 3 heterocycles. The largest absolute Gasteiger partial charge is 0.488 e. The highest BCUT2D eigenvalue weighted by Gasteiger charge is 2.29. The molecule has 5 N–H and O–H groups in total. The molecule has 72 heavy (non-hydrogen) atoms. The van der Waals surface area contributed by atoms with Crippen LogP contribution in [0.25, 0.3) is 44.2 Å². The summed E-state index contributed by atoms with van der Waals surface area (Å²) in [7, 11) is 5.76. The molecule has 17 nitrogen and oxygen atoms in total. The summed E-state index contributed by atoms with van der Waals surface area (Å²) in [6.45, 7) is 14.8. The lowest BCUT2D eigenvalue weighted by Gasteiger charge is -2.27. The molecule has 0 spiro atoms. The molecule has 1 aliphatic rings. The van der Waals surface area contributed by atoms with Crippen LogP contribution in [0.4, 0.5) is 9.59 Å². The van der Waals surface area contributed by atoms with Crippen LogP contribution < -0.4 is 15.8 Å². The second kappa shape index (κ2) is 31.2. The molecule has 0 radical (unpaired) electrons. The minimum atomic E-state index is -0.911. The summed E-state index contributed by atoms with van der Waals surface area (Å²) in [5.74, 6) is 2.80. The van der Waals surface area contributed by atoms with Crippen LogP contribution >= 0.6 is 0 Å². The van der Waals surface area contributed by atoms with Gasteiger partial charge in [0.2, 0.25) is 11.8 Å². The van der Waals surface area contributed by atoms with Gasteiger partial charge in [-0.25, -0.2) is 19.6 Å². The zero-order valence-corrected chi connectivity index (χ0v) is 43.0. The van der Waals surface area contributed by atoms with Gasteiger partial charge in [0.25, 0.3) is 0 Å². The molecule has 4 aromatic carbocycles. The lowest BCUT2D eigenvalue weighted by Crippen LogP contribution is -2.43. The monoisotopic (exact) mass is 987 g/mol. The first-order chi connectivity index (χ1) is 34.7. The van der Waals surface area contributed by atoms with Gasteiger partial charge in [-0.15, -0.1) is 25.7 Å². The van der Waals surface area contributed by atoms with Crippen molar-refractivity contribution >= 4 is 52.6 Å². The first-order valence-corrected chi connectivity index (χ1v) is 23.1. The molecule has 0 bridgehead atoms. The van der Waals surface area contributed by atoms with Crippen molar-refractivity contribution < 1.29 is 42.9 Å². The van der Waals surface area contributed by atoms with Gasteiger partial charge < -0.3 is 54.6 Å². The van der Waals surface area contributed by atoms with Crippen molar-refractivity contribution in [1.82, 2.24) is 35.1 Å². The molecule has 0 saturated heterocycles. The SMILES string of the molecule is C#C.C#C.C=O.CCCN(Cc1nc2c(ccc3cc4c(cc32)OCc2cc(-c3cnc(CN(CC(C)C)C(=O)C[C@@H](C)CC)[nH]3)ccc2-4)[nH]1)C(=O)[C@H](NC(=O)OC)c1ccccc1.COC.COC(N)=O. The highest BCUT2D eigenvalue weighted by molar-refractivity contribution is 6.07. The quantitative estimate of drug-likeness (QED) is 0.0710. The maximum Gasteiger partial charge on any atom is 0.407 e. The second-order valence-electron chi connectivity index (χ2n) is 16.7. The van der Waals surface area contributed by atoms with Crippen LogP contribution in [0.3, 0.4) is 0 Å². The number of carbonyl (C=O) groups excluding carboxylic acids is 5. The van der Waals surface area contributed by atoms with Crippen molar-refractivity contribution in [3.8, 4) is 53.8 Å². The summed E-state index contributed by atoms with van der Waals surface area (Å²) in [6, 6.07) is 22.9. The summed E-state index contributed by atoms with van der Waals surface area (Å²) >= 11 is 0. The zero-order valence-electron chi connectivity index (χ0n) is 43.0. The number of fused-ring (bicyclic) bond motifs is 6. The number of amides is 4. The number of terminal acetylenes is 2. The maximum absolute atomic E-state index is 14.0. The van der Waals surface area contributed by atoms with Crippen LogP contribution in [-0.2, 0) is 48.3 Å². The van der Waals surface area contributed by atoms with Crippen LogP contribution in [0.15, 0.2) is 79.0 Å². The van der Waals surface area contributed by atoms with Gasteiger partial charge in [-0.2, -0.15) is 0 Å². The van der Waals surface area contributed by atoms with Gasteiger partial charge in [-0.1, -0.05) is 89.6 Å². The normalized spacial score (nSPS) is 11.4. The highest BCUT2D eigenvalue weighted by Crippen LogP contribution is 2.42. The number of imidazole rings is 2. The topological polar surface area (TPSA) is 224 Å². The van der Waals surface area contributed by atoms with E-state index in [9.17, 15) is 19.2 Å². The summed E-state index contributed by atoms with van der Waals surface area (Å²) in [5.41, 5.74) is 11.8. The van der Waals surface area contributed by atoms with Crippen molar-refractivity contribution in [2.75, 3.05) is 41.5 Å². The lowest BCUT2D eigenvalue weighted by atomic mass is 9.92. The number of aromatic amines is 2. The molecule has 2 atom stereocenters. The molecular formula is C55H70N8O9. The van der Waals surface area contributed by atoms with Crippen LogP contribution in [0.2, 0.25) is 0 Å². The Balaban J connectivity index is 0.00000114. The zero-order chi connectivity index (χ0) is 53.9. The Bertz CT molecular complexity index is 2690. The molecule has 6 aromatic rings. The minimum Gasteiger partial charge on any atom is -0.488 e. The van der Waals surface area contributed by atoms with Gasteiger partial charge >= 0.3 is 12.2 Å². The first kappa shape index (κ1) is 60.0. The van der Waals surface area contributed by atoms with Gasteiger partial charge in [0.05, 0.1) is 50.2 Å². The average molecular weight is 987 g/mol. The number of nitrogens with two attached hydrogens (primary N) is 1. The Morgan fingerprint density at radius 2 is 1.50 bits per heavy atom. The van der Waals surface area contributed by atoms with Crippen molar-refractivity contribution in [1.29, 1.82) is 0 Å². The van der Waals surface area contributed by atoms with Gasteiger partial charge in [-0.05, 0) is 70.2 Å². The Kier molecular flexibility index (Phi) is 25.9. The van der Waals surface area contributed by atoms with E-state index in [-0.39, 0.29) is 18.4 Å². The van der Waals surface area contributed by atoms with Crippen LogP contribution in [0.5, 0.6) is 5.75 Å². The Hall–Kier alpha value is -8.15. The number of ether oxygens (including phenoxy) is 4. The van der Waals surface area contributed by atoms with Crippen molar-refractivity contribution in [2.45, 2.75) is 79.6 Å². The van der Waals surface area contributed by atoms with Crippen LogP contribution in [0, 0.1) is 37.5 Å². The number of aromatic nitrogens is 4. The smallest absolute Gasteiger partial charge is 0.407 e.